The van der Waals surface area contributed by atoms with Crippen LogP contribution in [-0.4, -0.2) is 16.5 Å². The molecule has 2 aromatic rings. The molecule has 2 rings (SSSR count). The van der Waals surface area contributed by atoms with Gasteiger partial charge in [-0.2, -0.15) is 9.97 Å². The van der Waals surface area contributed by atoms with Crippen LogP contribution in [0.2, 0.25) is 0 Å². The normalized spacial score (nSPS) is 10.4. The minimum Gasteiger partial charge on any atom is -0.370 e. The number of hydrogen-bond donors (Lipinski definition) is 3. The summed E-state index contributed by atoms with van der Waals surface area (Å²) in [5, 5.41) is 8.50. The van der Waals surface area contributed by atoms with Crippen molar-refractivity contribution in [2.45, 2.75) is 19.9 Å². The van der Waals surface area contributed by atoms with Gasteiger partial charge in [-0.05, 0) is 33.8 Å². The first kappa shape index (κ1) is 14.1. The second kappa shape index (κ2) is 6.72. The zero-order valence-electron chi connectivity index (χ0n) is 10.6. The molecule has 0 unspecified atom stereocenters. The molecule has 2 heterocycles. The number of rotatable bonds is 6. The number of halogens is 1. The zero-order chi connectivity index (χ0) is 13.7. The number of nitrogens with two attached hydrogens (primary N) is 1. The Morgan fingerprint density at radius 3 is 2.68 bits per heavy atom. The van der Waals surface area contributed by atoms with Gasteiger partial charge in [0.25, 0.3) is 0 Å². The van der Waals surface area contributed by atoms with E-state index in [9.17, 15) is 0 Å². The Labute approximate surface area is 124 Å². The minimum atomic E-state index is 0.272. The topological polar surface area (TPSA) is 75.9 Å². The predicted octanol–water partition coefficient (Wildman–Crippen LogP) is 3.32. The molecule has 0 aliphatic heterocycles. The fourth-order valence-electron chi connectivity index (χ4n) is 1.52. The molecule has 0 aromatic carbocycles. The van der Waals surface area contributed by atoms with Gasteiger partial charge in [0, 0.05) is 22.0 Å². The van der Waals surface area contributed by atoms with E-state index < -0.39 is 0 Å². The highest BCUT2D eigenvalue weighted by atomic mass is 79.9. The minimum absolute atomic E-state index is 0.272. The Bertz CT molecular complexity index is 543. The van der Waals surface area contributed by atoms with Crippen molar-refractivity contribution in [3.63, 3.8) is 0 Å². The fraction of sp³-hybridized carbons (Fsp3) is 0.333. The number of aromatic nitrogens is 2. The van der Waals surface area contributed by atoms with Crippen molar-refractivity contribution in [3.05, 3.63) is 26.9 Å². The number of nitrogens with one attached hydrogen (secondary N) is 2. The van der Waals surface area contributed by atoms with Crippen LogP contribution in [0.15, 0.2) is 22.0 Å². The van der Waals surface area contributed by atoms with E-state index in [2.05, 4.69) is 43.5 Å². The van der Waals surface area contributed by atoms with Crippen molar-refractivity contribution in [1.29, 1.82) is 0 Å². The van der Waals surface area contributed by atoms with Crippen LogP contribution >= 0.6 is 27.3 Å². The summed E-state index contributed by atoms with van der Waals surface area (Å²) < 4.78 is 1.11. The number of nitrogen functional groups attached to an aromatic ring is 1. The summed E-state index contributed by atoms with van der Waals surface area (Å²) in [6, 6.07) is 3.90. The molecule has 2 aromatic heterocycles. The van der Waals surface area contributed by atoms with Gasteiger partial charge in [0.15, 0.2) is 0 Å². The molecule has 0 saturated heterocycles. The lowest BCUT2D eigenvalue weighted by atomic mass is 10.4. The van der Waals surface area contributed by atoms with E-state index in [1.165, 1.54) is 4.88 Å². The summed E-state index contributed by atoms with van der Waals surface area (Å²) in [6.45, 7) is 3.68. The van der Waals surface area contributed by atoms with Crippen LogP contribution in [0.5, 0.6) is 0 Å². The van der Waals surface area contributed by atoms with Gasteiger partial charge in [-0.25, -0.2) is 0 Å². The summed E-state index contributed by atoms with van der Waals surface area (Å²) in [4.78, 5) is 9.54. The van der Waals surface area contributed by atoms with Gasteiger partial charge in [0.05, 0.1) is 6.54 Å². The van der Waals surface area contributed by atoms with Crippen LogP contribution < -0.4 is 16.4 Å². The van der Waals surface area contributed by atoms with E-state index in [0.717, 1.165) is 29.1 Å². The largest absolute Gasteiger partial charge is 0.370 e. The smallest absolute Gasteiger partial charge is 0.223 e. The summed E-state index contributed by atoms with van der Waals surface area (Å²) in [5.41, 5.74) is 5.70. The van der Waals surface area contributed by atoms with Crippen molar-refractivity contribution in [2.75, 3.05) is 22.9 Å². The van der Waals surface area contributed by atoms with Crippen molar-refractivity contribution >= 4 is 44.9 Å². The van der Waals surface area contributed by atoms with Gasteiger partial charge < -0.3 is 16.4 Å². The molecule has 102 valence electrons. The Morgan fingerprint density at radius 1 is 1.32 bits per heavy atom. The maximum absolute atomic E-state index is 5.70. The molecule has 0 bridgehead atoms. The van der Waals surface area contributed by atoms with Crippen LogP contribution in [0.3, 0.4) is 0 Å². The van der Waals surface area contributed by atoms with E-state index in [0.29, 0.717) is 6.54 Å². The third kappa shape index (κ3) is 4.07. The highest BCUT2D eigenvalue weighted by Gasteiger charge is 2.04. The first-order chi connectivity index (χ1) is 9.19. The highest BCUT2D eigenvalue weighted by molar-refractivity contribution is 9.10. The highest BCUT2D eigenvalue weighted by Crippen LogP contribution is 2.23. The maximum atomic E-state index is 5.70. The summed E-state index contributed by atoms with van der Waals surface area (Å²) in [7, 11) is 0. The molecule has 0 atom stereocenters. The molecule has 0 saturated carbocycles. The third-order valence-electron chi connectivity index (χ3n) is 2.42. The molecule has 0 spiro atoms. The average molecular weight is 342 g/mol. The average Bonchev–Trinajstić information content (AvgIpc) is 2.79. The van der Waals surface area contributed by atoms with Crippen LogP contribution in [0.25, 0.3) is 0 Å². The lowest BCUT2D eigenvalue weighted by Crippen LogP contribution is -2.08. The zero-order valence-corrected chi connectivity index (χ0v) is 13.0. The van der Waals surface area contributed by atoms with Crippen LogP contribution in [0.4, 0.5) is 17.6 Å². The van der Waals surface area contributed by atoms with Crippen LogP contribution in [0, 0.1) is 0 Å². The SMILES string of the molecule is CCCNc1cc(NCc2sccc2Br)nc(N)n1. The number of hydrogen-bond acceptors (Lipinski definition) is 6. The van der Waals surface area contributed by atoms with E-state index in [4.69, 9.17) is 5.73 Å². The first-order valence-corrected chi connectivity index (χ1v) is 7.70. The van der Waals surface area contributed by atoms with Crippen LogP contribution in [0.1, 0.15) is 18.2 Å². The van der Waals surface area contributed by atoms with E-state index in [1.54, 1.807) is 11.3 Å². The molecule has 5 nitrogen and oxygen atoms in total. The second-order valence-corrected chi connectivity index (χ2v) is 5.82. The molecule has 4 N–H and O–H groups in total. The predicted molar refractivity (Wildman–Crippen MR) is 84.6 cm³/mol. The molecule has 19 heavy (non-hydrogen) atoms. The Morgan fingerprint density at radius 2 is 2.05 bits per heavy atom. The molecule has 0 aliphatic rings. The van der Waals surface area contributed by atoms with Gasteiger partial charge in [-0.15, -0.1) is 11.3 Å². The van der Waals surface area contributed by atoms with Crippen molar-refractivity contribution in [1.82, 2.24) is 9.97 Å². The van der Waals surface area contributed by atoms with Crippen LogP contribution in [-0.2, 0) is 6.54 Å². The molecule has 0 radical (unpaired) electrons. The summed E-state index contributed by atoms with van der Waals surface area (Å²) in [6.07, 6.45) is 1.04. The molecule has 0 amide bonds. The standard InChI is InChI=1S/C12H16BrN5S/c1-2-4-15-10-6-11(18-12(14)17-10)16-7-9-8(13)3-5-19-9/h3,5-6H,2,4,7H2,1H3,(H4,14,15,16,17,18). The molecule has 0 aliphatic carbocycles. The third-order valence-corrected chi connectivity index (χ3v) is 4.35. The van der Waals surface area contributed by atoms with Gasteiger partial charge in [0.2, 0.25) is 5.95 Å². The maximum Gasteiger partial charge on any atom is 0.223 e. The van der Waals surface area contributed by atoms with Crippen molar-refractivity contribution in [3.8, 4) is 0 Å². The second-order valence-electron chi connectivity index (χ2n) is 3.97. The van der Waals surface area contributed by atoms with E-state index in [-0.39, 0.29) is 5.95 Å². The molecular formula is C12H16BrN5S. The van der Waals surface area contributed by atoms with Gasteiger partial charge >= 0.3 is 0 Å². The van der Waals surface area contributed by atoms with Gasteiger partial charge in [-0.1, -0.05) is 6.92 Å². The lowest BCUT2D eigenvalue weighted by Gasteiger charge is -2.09. The van der Waals surface area contributed by atoms with E-state index >= 15 is 0 Å². The van der Waals surface area contributed by atoms with E-state index in [1.807, 2.05) is 17.5 Å². The summed E-state index contributed by atoms with van der Waals surface area (Å²) in [5.74, 6) is 1.75. The monoisotopic (exact) mass is 341 g/mol. The fourth-order valence-corrected chi connectivity index (χ4v) is 2.95. The van der Waals surface area contributed by atoms with Gasteiger partial charge in [-0.3, -0.25) is 0 Å². The van der Waals surface area contributed by atoms with Crippen molar-refractivity contribution < 1.29 is 0 Å². The number of anilines is 3. The number of nitrogens with zero attached hydrogens (tertiary/aromatic N) is 2. The molecular weight excluding hydrogens is 326 g/mol. The quantitative estimate of drug-likeness (QED) is 0.751. The Hall–Kier alpha value is -1.34. The number of thiophene rings is 1. The molecule has 7 heteroatoms. The Kier molecular flexibility index (Phi) is 4.98. The summed E-state index contributed by atoms with van der Waals surface area (Å²) >= 11 is 5.20. The van der Waals surface area contributed by atoms with Crippen molar-refractivity contribution in [2.24, 2.45) is 0 Å². The Balaban J connectivity index is 2.03. The van der Waals surface area contributed by atoms with Gasteiger partial charge in [0.1, 0.15) is 11.6 Å². The lowest BCUT2D eigenvalue weighted by molar-refractivity contribution is 0.965. The molecule has 0 fully saturated rings. The first-order valence-electron chi connectivity index (χ1n) is 6.03.